The summed E-state index contributed by atoms with van der Waals surface area (Å²) < 4.78 is 0. The molecule has 62 valence electrons. The molecule has 2 heteroatoms. The SMILES string of the molecule is C#CCN(C)c1ccccc1Cl. The lowest BCUT2D eigenvalue weighted by molar-refractivity contribution is 1.05. The van der Waals surface area contributed by atoms with E-state index in [1.807, 2.05) is 36.2 Å². The Kier molecular flexibility index (Phi) is 3.01. The predicted molar refractivity (Wildman–Crippen MR) is 53.6 cm³/mol. The van der Waals surface area contributed by atoms with Crippen LogP contribution in [0.25, 0.3) is 0 Å². The van der Waals surface area contributed by atoms with E-state index >= 15 is 0 Å². The number of terminal acetylenes is 1. The van der Waals surface area contributed by atoms with Gasteiger partial charge in [-0.15, -0.1) is 6.42 Å². The minimum absolute atomic E-state index is 0.573. The van der Waals surface area contributed by atoms with Crippen LogP contribution in [0.5, 0.6) is 0 Å². The van der Waals surface area contributed by atoms with Gasteiger partial charge in [0, 0.05) is 7.05 Å². The molecule has 0 spiro atoms. The van der Waals surface area contributed by atoms with E-state index in [2.05, 4.69) is 5.92 Å². The van der Waals surface area contributed by atoms with Gasteiger partial charge >= 0.3 is 0 Å². The predicted octanol–water partition coefficient (Wildman–Crippen LogP) is 2.41. The number of benzene rings is 1. The third-order valence-corrected chi connectivity index (χ3v) is 1.91. The smallest absolute Gasteiger partial charge is 0.0788 e. The number of nitrogens with zero attached hydrogens (tertiary/aromatic N) is 1. The standard InChI is InChI=1S/C10H10ClN/c1-3-8-12(2)10-7-5-4-6-9(10)11/h1,4-7H,8H2,2H3. The van der Waals surface area contributed by atoms with Gasteiger partial charge in [0.1, 0.15) is 0 Å². The summed E-state index contributed by atoms with van der Waals surface area (Å²) in [6.07, 6.45) is 5.18. The quantitative estimate of drug-likeness (QED) is 0.631. The fourth-order valence-corrected chi connectivity index (χ4v) is 1.26. The monoisotopic (exact) mass is 179 g/mol. The fraction of sp³-hybridized carbons (Fsp3) is 0.200. The molecule has 0 aliphatic carbocycles. The molecule has 0 fully saturated rings. The van der Waals surface area contributed by atoms with Crippen LogP contribution in [0.3, 0.4) is 0 Å². The number of para-hydroxylation sites is 1. The highest BCUT2D eigenvalue weighted by molar-refractivity contribution is 6.33. The number of hydrogen-bond acceptors (Lipinski definition) is 1. The third-order valence-electron chi connectivity index (χ3n) is 1.59. The van der Waals surface area contributed by atoms with Crippen molar-refractivity contribution in [1.82, 2.24) is 0 Å². The minimum atomic E-state index is 0.573. The minimum Gasteiger partial charge on any atom is -0.362 e. The van der Waals surface area contributed by atoms with E-state index in [1.165, 1.54) is 0 Å². The van der Waals surface area contributed by atoms with Gasteiger partial charge in [0.2, 0.25) is 0 Å². The van der Waals surface area contributed by atoms with E-state index < -0.39 is 0 Å². The molecule has 0 bridgehead atoms. The zero-order valence-corrected chi connectivity index (χ0v) is 7.67. The van der Waals surface area contributed by atoms with Crippen molar-refractivity contribution >= 4 is 17.3 Å². The van der Waals surface area contributed by atoms with E-state index in [4.69, 9.17) is 18.0 Å². The average molecular weight is 180 g/mol. The van der Waals surface area contributed by atoms with Gasteiger partial charge < -0.3 is 4.90 Å². The summed E-state index contributed by atoms with van der Waals surface area (Å²) >= 11 is 5.94. The summed E-state index contributed by atoms with van der Waals surface area (Å²) in [6.45, 7) is 0.573. The zero-order chi connectivity index (χ0) is 8.97. The van der Waals surface area contributed by atoms with Crippen molar-refractivity contribution in [3.8, 4) is 12.3 Å². The number of halogens is 1. The van der Waals surface area contributed by atoms with Crippen LogP contribution in [0.4, 0.5) is 5.69 Å². The van der Waals surface area contributed by atoms with Crippen LogP contribution in [-0.2, 0) is 0 Å². The molecule has 0 amide bonds. The van der Waals surface area contributed by atoms with E-state index in [9.17, 15) is 0 Å². The molecular weight excluding hydrogens is 170 g/mol. The number of rotatable bonds is 2. The Morgan fingerprint density at radius 1 is 1.50 bits per heavy atom. The van der Waals surface area contributed by atoms with Gasteiger partial charge in [0.15, 0.2) is 0 Å². The van der Waals surface area contributed by atoms with Crippen LogP contribution in [0.2, 0.25) is 5.02 Å². The lowest BCUT2D eigenvalue weighted by Gasteiger charge is -2.16. The van der Waals surface area contributed by atoms with Gasteiger partial charge in [-0.1, -0.05) is 29.7 Å². The molecule has 1 aromatic rings. The van der Waals surface area contributed by atoms with Crippen LogP contribution in [0.15, 0.2) is 24.3 Å². The lowest BCUT2D eigenvalue weighted by Crippen LogP contribution is -2.17. The van der Waals surface area contributed by atoms with Crippen molar-refractivity contribution in [3.63, 3.8) is 0 Å². The van der Waals surface area contributed by atoms with Crippen molar-refractivity contribution < 1.29 is 0 Å². The molecule has 1 rings (SSSR count). The molecule has 0 radical (unpaired) electrons. The molecule has 0 saturated carbocycles. The largest absolute Gasteiger partial charge is 0.362 e. The van der Waals surface area contributed by atoms with Crippen LogP contribution < -0.4 is 4.90 Å². The zero-order valence-electron chi connectivity index (χ0n) is 6.92. The van der Waals surface area contributed by atoms with E-state index in [0.717, 1.165) is 10.7 Å². The highest BCUT2D eigenvalue weighted by atomic mass is 35.5. The average Bonchev–Trinajstić information content (AvgIpc) is 2.05. The Balaban J connectivity index is 2.88. The van der Waals surface area contributed by atoms with Crippen molar-refractivity contribution in [2.75, 3.05) is 18.5 Å². The maximum absolute atomic E-state index is 5.94. The molecule has 0 aliphatic rings. The lowest BCUT2D eigenvalue weighted by atomic mass is 10.3. The Labute approximate surface area is 78.0 Å². The van der Waals surface area contributed by atoms with Crippen molar-refractivity contribution in [2.24, 2.45) is 0 Å². The van der Waals surface area contributed by atoms with Gasteiger partial charge in [0.05, 0.1) is 17.3 Å². The Hall–Kier alpha value is -1.13. The molecule has 0 heterocycles. The normalized spacial score (nSPS) is 9.08. The van der Waals surface area contributed by atoms with E-state index in [-0.39, 0.29) is 0 Å². The Bertz CT molecular complexity index is 301. The first-order chi connectivity index (χ1) is 5.75. The van der Waals surface area contributed by atoms with Crippen LogP contribution in [0, 0.1) is 12.3 Å². The summed E-state index contributed by atoms with van der Waals surface area (Å²) in [6, 6.07) is 7.63. The molecule has 0 atom stereocenters. The Morgan fingerprint density at radius 2 is 2.17 bits per heavy atom. The van der Waals surface area contributed by atoms with E-state index in [1.54, 1.807) is 0 Å². The summed E-state index contributed by atoms with van der Waals surface area (Å²) in [4.78, 5) is 1.93. The Morgan fingerprint density at radius 3 is 2.75 bits per heavy atom. The second kappa shape index (κ2) is 4.04. The molecule has 0 saturated heterocycles. The third kappa shape index (κ3) is 1.93. The molecule has 1 aromatic carbocycles. The summed E-state index contributed by atoms with van der Waals surface area (Å²) in [5.41, 5.74) is 0.970. The second-order valence-electron chi connectivity index (χ2n) is 2.51. The maximum Gasteiger partial charge on any atom is 0.0788 e. The number of anilines is 1. The van der Waals surface area contributed by atoms with Crippen LogP contribution in [-0.4, -0.2) is 13.6 Å². The molecule has 0 aliphatic heterocycles. The summed E-state index contributed by atoms with van der Waals surface area (Å²) in [5.74, 6) is 2.56. The van der Waals surface area contributed by atoms with E-state index in [0.29, 0.717) is 6.54 Å². The summed E-state index contributed by atoms with van der Waals surface area (Å²) in [7, 11) is 1.92. The van der Waals surface area contributed by atoms with Crippen molar-refractivity contribution in [1.29, 1.82) is 0 Å². The van der Waals surface area contributed by atoms with Gasteiger partial charge in [-0.25, -0.2) is 0 Å². The highest BCUT2D eigenvalue weighted by Crippen LogP contribution is 2.23. The first kappa shape index (κ1) is 8.96. The fourth-order valence-electron chi connectivity index (χ4n) is 0.983. The van der Waals surface area contributed by atoms with Gasteiger partial charge in [-0.2, -0.15) is 0 Å². The highest BCUT2D eigenvalue weighted by Gasteiger charge is 2.01. The van der Waals surface area contributed by atoms with Crippen LogP contribution >= 0.6 is 11.6 Å². The number of hydrogen-bond donors (Lipinski definition) is 0. The second-order valence-corrected chi connectivity index (χ2v) is 2.92. The molecule has 0 aromatic heterocycles. The first-order valence-electron chi connectivity index (χ1n) is 3.65. The molecular formula is C10H10ClN. The topological polar surface area (TPSA) is 3.24 Å². The first-order valence-corrected chi connectivity index (χ1v) is 4.02. The summed E-state index contributed by atoms with van der Waals surface area (Å²) in [5, 5.41) is 0.732. The van der Waals surface area contributed by atoms with Crippen molar-refractivity contribution in [2.45, 2.75) is 0 Å². The van der Waals surface area contributed by atoms with Gasteiger partial charge in [-0.3, -0.25) is 0 Å². The molecule has 0 unspecified atom stereocenters. The maximum atomic E-state index is 5.94. The molecule has 12 heavy (non-hydrogen) atoms. The molecule has 0 N–H and O–H groups in total. The van der Waals surface area contributed by atoms with Gasteiger partial charge in [0.25, 0.3) is 0 Å². The van der Waals surface area contributed by atoms with Gasteiger partial charge in [-0.05, 0) is 12.1 Å². The van der Waals surface area contributed by atoms with Crippen molar-refractivity contribution in [3.05, 3.63) is 29.3 Å². The van der Waals surface area contributed by atoms with Crippen LogP contribution in [0.1, 0.15) is 0 Å². The molecule has 1 nitrogen and oxygen atoms in total.